The number of rotatable bonds is 10. The van der Waals surface area contributed by atoms with Crippen molar-refractivity contribution in [3.05, 3.63) is 53.6 Å². The van der Waals surface area contributed by atoms with Gasteiger partial charge in [-0.05, 0) is 50.1 Å². The summed E-state index contributed by atoms with van der Waals surface area (Å²) in [6.45, 7) is 5.75. The average Bonchev–Trinajstić information content (AvgIpc) is 2.76. The molecular weight excluding hydrogens is 406 g/mol. The van der Waals surface area contributed by atoms with Crippen LogP contribution in [0.15, 0.2) is 42.5 Å². The van der Waals surface area contributed by atoms with E-state index in [4.69, 9.17) is 13.7 Å². The first kappa shape index (κ1) is 23.5. The van der Waals surface area contributed by atoms with E-state index in [2.05, 4.69) is 0 Å². The van der Waals surface area contributed by atoms with Crippen LogP contribution >= 0.6 is 0 Å². The Labute approximate surface area is 178 Å². The van der Waals surface area contributed by atoms with E-state index in [1.165, 1.54) is 21.1 Å². The van der Waals surface area contributed by atoms with Crippen molar-refractivity contribution >= 4 is 16.0 Å². The maximum Gasteiger partial charge on any atom is 0.309 e. The van der Waals surface area contributed by atoms with Crippen molar-refractivity contribution in [1.82, 2.24) is 4.90 Å². The number of methoxy groups -OCH3 is 2. The lowest BCUT2D eigenvalue weighted by molar-refractivity contribution is 0.0668. The quantitative estimate of drug-likeness (QED) is 0.527. The number of nitrogens with zero attached hydrogens (tertiary/aromatic N) is 1. The summed E-state index contributed by atoms with van der Waals surface area (Å²) in [7, 11) is -0.746. The Bertz CT molecular complexity index is 973. The third-order valence-electron chi connectivity index (χ3n) is 4.87. The van der Waals surface area contributed by atoms with Gasteiger partial charge >= 0.3 is 10.1 Å². The minimum atomic E-state index is -3.72. The van der Waals surface area contributed by atoms with Crippen LogP contribution in [0.4, 0.5) is 0 Å². The van der Waals surface area contributed by atoms with Gasteiger partial charge in [0.15, 0.2) is 11.5 Å². The van der Waals surface area contributed by atoms with Crippen LogP contribution in [0.2, 0.25) is 0 Å². The topological polar surface area (TPSA) is 82.1 Å². The molecule has 1 atom stereocenters. The Morgan fingerprint density at radius 1 is 1.00 bits per heavy atom. The van der Waals surface area contributed by atoms with Gasteiger partial charge in [-0.1, -0.05) is 25.1 Å². The second kappa shape index (κ2) is 10.3. The van der Waals surface area contributed by atoms with Crippen LogP contribution in [0.3, 0.4) is 0 Å². The van der Waals surface area contributed by atoms with Crippen molar-refractivity contribution < 1.29 is 26.9 Å². The highest BCUT2D eigenvalue weighted by Crippen LogP contribution is 2.31. The molecule has 0 bridgehead atoms. The molecular formula is C22H29NO6S. The maximum absolute atomic E-state index is 13.3. The lowest BCUT2D eigenvalue weighted by Crippen LogP contribution is -2.38. The Morgan fingerprint density at radius 3 is 2.27 bits per heavy atom. The van der Waals surface area contributed by atoms with Gasteiger partial charge in [0.25, 0.3) is 5.91 Å². The van der Waals surface area contributed by atoms with E-state index in [0.29, 0.717) is 17.1 Å². The maximum atomic E-state index is 13.3. The fraction of sp³-hybridized carbons (Fsp3) is 0.409. The van der Waals surface area contributed by atoms with Gasteiger partial charge in [0, 0.05) is 12.6 Å². The van der Waals surface area contributed by atoms with Gasteiger partial charge in [-0.15, -0.1) is 0 Å². The van der Waals surface area contributed by atoms with E-state index in [9.17, 15) is 13.2 Å². The largest absolute Gasteiger partial charge is 0.496 e. The molecule has 0 saturated heterocycles. The smallest absolute Gasteiger partial charge is 0.309 e. The van der Waals surface area contributed by atoms with Gasteiger partial charge in [-0.3, -0.25) is 4.79 Å². The highest BCUT2D eigenvalue weighted by atomic mass is 32.2. The molecule has 1 amide bonds. The molecule has 0 spiro atoms. The minimum absolute atomic E-state index is 0.0479. The minimum Gasteiger partial charge on any atom is -0.496 e. The van der Waals surface area contributed by atoms with Crippen molar-refractivity contribution in [3.63, 3.8) is 0 Å². The fourth-order valence-electron chi connectivity index (χ4n) is 2.90. The fourth-order valence-corrected chi connectivity index (χ4v) is 3.42. The standard InChI is InChI=1S/C22H29NO6S/c1-6-16(3)23(22(24)18-10-8-9-11-19(18)27-4)15-17-12-13-20(28-5)21(14-17)29-30(25,26)7-2/h8-14,16H,6-7,15H2,1-5H3. The first-order chi connectivity index (χ1) is 14.3. The normalized spacial score (nSPS) is 12.2. The van der Waals surface area contributed by atoms with Gasteiger partial charge in [-0.2, -0.15) is 8.42 Å². The summed E-state index contributed by atoms with van der Waals surface area (Å²) in [4.78, 5) is 15.0. The van der Waals surface area contributed by atoms with Crippen LogP contribution in [0.1, 0.15) is 43.1 Å². The van der Waals surface area contributed by atoms with E-state index in [1.807, 2.05) is 19.9 Å². The number of carbonyl (C=O) groups is 1. The number of hydrogen-bond acceptors (Lipinski definition) is 6. The first-order valence-corrected chi connectivity index (χ1v) is 11.4. The summed E-state index contributed by atoms with van der Waals surface area (Å²) in [5.41, 5.74) is 1.19. The molecule has 7 nitrogen and oxygen atoms in total. The monoisotopic (exact) mass is 435 g/mol. The Balaban J connectivity index is 2.40. The van der Waals surface area contributed by atoms with Crippen LogP contribution < -0.4 is 13.7 Å². The van der Waals surface area contributed by atoms with E-state index in [0.717, 1.165) is 12.0 Å². The number of amides is 1. The molecule has 0 aliphatic rings. The van der Waals surface area contributed by atoms with Crippen molar-refractivity contribution in [2.45, 2.75) is 39.8 Å². The summed E-state index contributed by atoms with van der Waals surface area (Å²) in [6, 6.07) is 12.0. The third kappa shape index (κ3) is 5.66. The highest BCUT2D eigenvalue weighted by molar-refractivity contribution is 7.87. The number of para-hydroxylation sites is 1. The molecule has 164 valence electrons. The molecule has 2 aromatic carbocycles. The molecule has 2 rings (SSSR count). The summed E-state index contributed by atoms with van der Waals surface area (Å²) in [6.07, 6.45) is 0.755. The molecule has 1 unspecified atom stereocenters. The Kier molecular flexibility index (Phi) is 8.11. The van der Waals surface area contributed by atoms with Gasteiger partial charge in [-0.25, -0.2) is 0 Å². The summed E-state index contributed by atoms with van der Waals surface area (Å²) < 4.78 is 39.6. The van der Waals surface area contributed by atoms with Gasteiger partial charge < -0.3 is 18.6 Å². The predicted molar refractivity (Wildman–Crippen MR) is 116 cm³/mol. The summed E-state index contributed by atoms with van der Waals surface area (Å²) in [5.74, 6) is 0.587. The lowest BCUT2D eigenvalue weighted by Gasteiger charge is -2.29. The molecule has 0 fully saturated rings. The lowest BCUT2D eigenvalue weighted by atomic mass is 10.1. The molecule has 0 heterocycles. The molecule has 0 radical (unpaired) electrons. The van der Waals surface area contributed by atoms with E-state index < -0.39 is 10.1 Å². The average molecular weight is 436 g/mol. The number of hydrogen-bond donors (Lipinski definition) is 0. The van der Waals surface area contributed by atoms with Crippen molar-refractivity contribution in [3.8, 4) is 17.2 Å². The molecule has 8 heteroatoms. The van der Waals surface area contributed by atoms with Crippen LogP contribution in [-0.2, 0) is 16.7 Å². The molecule has 30 heavy (non-hydrogen) atoms. The zero-order chi connectivity index (χ0) is 22.3. The Morgan fingerprint density at radius 2 is 1.67 bits per heavy atom. The first-order valence-electron chi connectivity index (χ1n) is 9.79. The van der Waals surface area contributed by atoms with Crippen LogP contribution in [0.5, 0.6) is 17.2 Å². The number of benzene rings is 2. The molecule has 0 aliphatic carbocycles. The second-order valence-corrected chi connectivity index (χ2v) is 8.66. The van der Waals surface area contributed by atoms with Crippen molar-refractivity contribution in [2.24, 2.45) is 0 Å². The molecule has 0 N–H and O–H groups in total. The zero-order valence-corrected chi connectivity index (χ0v) is 18.9. The van der Waals surface area contributed by atoms with Gasteiger partial charge in [0.05, 0.1) is 25.5 Å². The van der Waals surface area contributed by atoms with Crippen molar-refractivity contribution in [2.75, 3.05) is 20.0 Å². The summed E-state index contributed by atoms with van der Waals surface area (Å²) >= 11 is 0. The molecule has 0 aliphatic heterocycles. The zero-order valence-electron chi connectivity index (χ0n) is 18.0. The molecule has 0 saturated carbocycles. The SMILES string of the molecule is CCC(C)N(Cc1ccc(OC)c(OS(=O)(=O)CC)c1)C(=O)c1ccccc1OC. The van der Waals surface area contributed by atoms with E-state index >= 15 is 0 Å². The molecule has 2 aromatic rings. The predicted octanol–water partition coefficient (Wildman–Crippen LogP) is 3.87. The van der Waals surface area contributed by atoms with E-state index in [1.54, 1.807) is 41.3 Å². The Hall–Kier alpha value is -2.74. The van der Waals surface area contributed by atoms with Gasteiger partial charge in [0.1, 0.15) is 5.75 Å². The third-order valence-corrected chi connectivity index (χ3v) is 6.01. The number of carbonyl (C=O) groups excluding carboxylic acids is 1. The van der Waals surface area contributed by atoms with E-state index in [-0.39, 0.29) is 30.0 Å². The van der Waals surface area contributed by atoms with Gasteiger partial charge in [0.2, 0.25) is 0 Å². The number of ether oxygens (including phenoxy) is 2. The summed E-state index contributed by atoms with van der Waals surface area (Å²) in [5, 5.41) is 0. The van der Waals surface area contributed by atoms with Crippen LogP contribution in [-0.4, -0.2) is 45.2 Å². The van der Waals surface area contributed by atoms with Crippen LogP contribution in [0.25, 0.3) is 0 Å². The highest BCUT2D eigenvalue weighted by Gasteiger charge is 2.24. The second-order valence-electron chi connectivity index (χ2n) is 6.81. The molecule has 0 aromatic heterocycles. The van der Waals surface area contributed by atoms with Crippen molar-refractivity contribution in [1.29, 1.82) is 0 Å². The van der Waals surface area contributed by atoms with Crippen LogP contribution in [0, 0.1) is 0 Å².